The highest BCUT2D eigenvalue weighted by atomic mass is 127. The van der Waals surface area contributed by atoms with Crippen LogP contribution in [0.2, 0.25) is 0 Å². The van der Waals surface area contributed by atoms with E-state index >= 15 is 0 Å². The summed E-state index contributed by atoms with van der Waals surface area (Å²) in [5.74, 6) is 0.429. The Hall–Kier alpha value is -0.830. The number of aryl methyl sites for hydroxylation is 1. The van der Waals surface area contributed by atoms with Crippen molar-refractivity contribution in [3.05, 3.63) is 17.5 Å². The van der Waals surface area contributed by atoms with E-state index in [1.165, 1.54) is 0 Å². The smallest absolute Gasteiger partial charge is 0.189 e. The maximum Gasteiger partial charge on any atom is 0.189 e. The van der Waals surface area contributed by atoms with Crippen molar-refractivity contribution in [3.8, 4) is 0 Å². The minimum atomic E-state index is 0. The minimum absolute atomic E-state index is 0. The third-order valence-electron chi connectivity index (χ3n) is 2.57. The molecule has 0 amide bonds. The summed E-state index contributed by atoms with van der Waals surface area (Å²) < 4.78 is 6.82. The van der Waals surface area contributed by atoms with E-state index in [9.17, 15) is 0 Å². The highest BCUT2D eigenvalue weighted by molar-refractivity contribution is 14.0. The highest BCUT2D eigenvalue weighted by Gasteiger charge is 2.04. The van der Waals surface area contributed by atoms with Gasteiger partial charge in [0, 0.05) is 31.5 Å². The second-order valence-corrected chi connectivity index (χ2v) is 4.08. The Bertz CT molecular complexity index is 391. The molecule has 0 aliphatic heterocycles. The molecule has 1 rings (SSSR count). The normalized spacial score (nSPS) is 13.0. The van der Waals surface area contributed by atoms with Gasteiger partial charge < -0.3 is 15.8 Å². The van der Waals surface area contributed by atoms with Gasteiger partial charge in [-0.3, -0.25) is 4.68 Å². The quantitative estimate of drug-likeness (QED) is 0.458. The monoisotopic (exact) mass is 367 g/mol. The number of halogens is 1. The maximum absolute atomic E-state index is 5.77. The number of guanidine groups is 1. The van der Waals surface area contributed by atoms with Crippen LogP contribution in [0.15, 0.2) is 11.2 Å². The zero-order valence-corrected chi connectivity index (χ0v) is 13.6. The van der Waals surface area contributed by atoms with Crippen LogP contribution < -0.4 is 11.1 Å². The molecule has 0 aliphatic rings. The van der Waals surface area contributed by atoms with Crippen molar-refractivity contribution >= 4 is 29.9 Å². The van der Waals surface area contributed by atoms with Gasteiger partial charge in [-0.1, -0.05) is 0 Å². The predicted molar refractivity (Wildman–Crippen MR) is 83.2 cm³/mol. The summed E-state index contributed by atoms with van der Waals surface area (Å²) in [6.45, 7) is 5.14. The number of nitrogens with two attached hydrogens (primary N) is 1. The van der Waals surface area contributed by atoms with Crippen molar-refractivity contribution in [2.24, 2.45) is 17.8 Å². The summed E-state index contributed by atoms with van der Waals surface area (Å²) in [5.41, 5.74) is 7.95. The van der Waals surface area contributed by atoms with Crippen LogP contribution in [0.5, 0.6) is 0 Å². The number of nitrogens with one attached hydrogen (secondary N) is 1. The Morgan fingerprint density at radius 2 is 2.33 bits per heavy atom. The molecule has 0 bridgehead atoms. The van der Waals surface area contributed by atoms with Crippen molar-refractivity contribution in [3.63, 3.8) is 0 Å². The number of ether oxygens (including phenoxy) is 1. The first-order valence-electron chi connectivity index (χ1n) is 5.57. The number of hydrogen-bond donors (Lipinski definition) is 2. The van der Waals surface area contributed by atoms with E-state index in [4.69, 9.17) is 10.5 Å². The second kappa shape index (κ2) is 8.30. The predicted octanol–water partition coefficient (Wildman–Crippen LogP) is 0.786. The molecule has 7 heteroatoms. The fourth-order valence-corrected chi connectivity index (χ4v) is 1.46. The number of aliphatic imine (C=N–C) groups is 1. The molecule has 0 saturated heterocycles. The van der Waals surface area contributed by atoms with Crippen molar-refractivity contribution in [1.29, 1.82) is 0 Å². The van der Waals surface area contributed by atoms with Gasteiger partial charge in [-0.15, -0.1) is 24.0 Å². The lowest BCUT2D eigenvalue weighted by molar-refractivity contribution is 0.179. The molecular weight excluding hydrogens is 345 g/mol. The Labute approximate surface area is 125 Å². The van der Waals surface area contributed by atoms with Gasteiger partial charge in [0.2, 0.25) is 0 Å². The number of aromatic nitrogens is 2. The Morgan fingerprint density at radius 1 is 1.67 bits per heavy atom. The first-order valence-corrected chi connectivity index (χ1v) is 5.57. The average molecular weight is 367 g/mol. The molecule has 1 aromatic heterocycles. The van der Waals surface area contributed by atoms with E-state index in [0.29, 0.717) is 19.1 Å². The summed E-state index contributed by atoms with van der Waals surface area (Å²) in [6, 6.07) is 0.152. The Kier molecular flexibility index (Phi) is 7.92. The summed E-state index contributed by atoms with van der Waals surface area (Å²) in [6.07, 6.45) is 1.81. The second-order valence-electron chi connectivity index (χ2n) is 4.08. The third kappa shape index (κ3) is 5.21. The molecule has 0 aliphatic carbocycles. The van der Waals surface area contributed by atoms with Crippen LogP contribution in [0.1, 0.15) is 18.2 Å². The highest BCUT2D eigenvalue weighted by Crippen LogP contribution is 2.06. The zero-order chi connectivity index (χ0) is 12.8. The Morgan fingerprint density at radius 3 is 2.83 bits per heavy atom. The Balaban J connectivity index is 0.00000289. The number of methoxy groups -OCH3 is 1. The molecule has 0 saturated carbocycles. The maximum atomic E-state index is 5.77. The molecule has 0 aromatic carbocycles. The van der Waals surface area contributed by atoms with E-state index in [0.717, 1.165) is 11.3 Å². The van der Waals surface area contributed by atoms with Gasteiger partial charge >= 0.3 is 0 Å². The summed E-state index contributed by atoms with van der Waals surface area (Å²) in [4.78, 5) is 4.27. The van der Waals surface area contributed by atoms with Crippen LogP contribution in [-0.4, -0.2) is 35.5 Å². The molecule has 1 unspecified atom stereocenters. The molecule has 3 N–H and O–H groups in total. The standard InChI is InChI=1S/C11H21N5O.HI/c1-8(7-17-4)15-11(12)13-5-10-6-14-16(3)9(10)2;/h6,8H,5,7H2,1-4H3,(H3,12,13,15);1H. The van der Waals surface area contributed by atoms with E-state index in [2.05, 4.69) is 15.4 Å². The molecule has 0 spiro atoms. The van der Waals surface area contributed by atoms with Gasteiger partial charge in [0.15, 0.2) is 5.96 Å². The largest absolute Gasteiger partial charge is 0.383 e. The molecule has 6 nitrogen and oxygen atoms in total. The van der Waals surface area contributed by atoms with E-state index in [-0.39, 0.29) is 30.0 Å². The lowest BCUT2D eigenvalue weighted by atomic mass is 10.3. The van der Waals surface area contributed by atoms with Crippen LogP contribution in [-0.2, 0) is 18.3 Å². The molecule has 18 heavy (non-hydrogen) atoms. The molecule has 1 heterocycles. The first-order chi connectivity index (χ1) is 8.04. The summed E-state index contributed by atoms with van der Waals surface area (Å²) >= 11 is 0. The van der Waals surface area contributed by atoms with Gasteiger partial charge in [-0.2, -0.15) is 5.10 Å². The van der Waals surface area contributed by atoms with E-state index in [1.807, 2.05) is 31.8 Å². The van der Waals surface area contributed by atoms with Crippen molar-refractivity contribution in [2.45, 2.75) is 26.4 Å². The third-order valence-corrected chi connectivity index (χ3v) is 2.57. The van der Waals surface area contributed by atoms with Crippen LogP contribution in [0.3, 0.4) is 0 Å². The summed E-state index contributed by atoms with van der Waals surface area (Å²) in [5, 5.41) is 7.20. The topological polar surface area (TPSA) is 77.5 Å². The fraction of sp³-hybridized carbons (Fsp3) is 0.636. The summed E-state index contributed by atoms with van der Waals surface area (Å²) in [7, 11) is 3.56. The molecule has 0 radical (unpaired) electrons. The van der Waals surface area contributed by atoms with Crippen molar-refractivity contribution < 1.29 is 4.74 Å². The van der Waals surface area contributed by atoms with E-state index in [1.54, 1.807) is 7.11 Å². The fourth-order valence-electron chi connectivity index (χ4n) is 1.46. The molecule has 104 valence electrons. The van der Waals surface area contributed by atoms with Crippen LogP contribution in [0.25, 0.3) is 0 Å². The molecular formula is C11H22IN5O. The first kappa shape index (κ1) is 17.2. The minimum Gasteiger partial charge on any atom is -0.383 e. The number of hydrogen-bond acceptors (Lipinski definition) is 3. The molecule has 0 fully saturated rings. The average Bonchev–Trinajstić information content (AvgIpc) is 2.57. The number of nitrogens with zero attached hydrogens (tertiary/aromatic N) is 3. The lowest BCUT2D eigenvalue weighted by Gasteiger charge is -2.12. The van der Waals surface area contributed by atoms with Gasteiger partial charge in [0.1, 0.15) is 0 Å². The number of rotatable bonds is 5. The van der Waals surface area contributed by atoms with Gasteiger partial charge in [-0.25, -0.2) is 4.99 Å². The SMILES string of the molecule is COCC(C)NC(N)=NCc1cnn(C)c1C.I. The van der Waals surface area contributed by atoms with Gasteiger partial charge in [-0.05, 0) is 13.8 Å². The van der Waals surface area contributed by atoms with Crippen molar-refractivity contribution in [1.82, 2.24) is 15.1 Å². The molecule has 1 atom stereocenters. The van der Waals surface area contributed by atoms with Crippen LogP contribution >= 0.6 is 24.0 Å². The van der Waals surface area contributed by atoms with Gasteiger partial charge in [0.05, 0.1) is 19.3 Å². The van der Waals surface area contributed by atoms with Gasteiger partial charge in [0.25, 0.3) is 0 Å². The zero-order valence-electron chi connectivity index (χ0n) is 11.3. The van der Waals surface area contributed by atoms with Crippen molar-refractivity contribution in [2.75, 3.05) is 13.7 Å². The van der Waals surface area contributed by atoms with Crippen LogP contribution in [0, 0.1) is 6.92 Å². The van der Waals surface area contributed by atoms with E-state index < -0.39 is 0 Å². The lowest BCUT2D eigenvalue weighted by Crippen LogP contribution is -2.40. The van der Waals surface area contributed by atoms with Crippen LogP contribution in [0.4, 0.5) is 0 Å². The molecule has 1 aromatic rings.